The van der Waals surface area contributed by atoms with Crippen LogP contribution in [-0.2, 0) is 16.0 Å². The van der Waals surface area contributed by atoms with Crippen molar-refractivity contribution in [3.63, 3.8) is 0 Å². The lowest BCUT2D eigenvalue weighted by Gasteiger charge is -2.12. The highest BCUT2D eigenvalue weighted by molar-refractivity contribution is 14.0. The molecule has 0 radical (unpaired) electrons. The number of phenolic OH excluding ortho intramolecular Hbond substituents is 1. The smallest absolute Gasteiger partial charge is 0.191 e. The summed E-state index contributed by atoms with van der Waals surface area (Å²) in [7, 11) is 0. The quantitative estimate of drug-likeness (QED) is 0.180. The van der Waals surface area contributed by atoms with Crippen molar-refractivity contribution in [2.24, 2.45) is 4.99 Å². The molecule has 7 heteroatoms. The van der Waals surface area contributed by atoms with Crippen LogP contribution in [0.5, 0.6) is 5.75 Å². The lowest BCUT2D eigenvalue weighted by molar-refractivity contribution is 0.0487. The Hall–Kier alpha value is -1.06. The first kappa shape index (κ1) is 25.9. The van der Waals surface area contributed by atoms with Crippen molar-refractivity contribution in [2.75, 3.05) is 39.5 Å². The molecule has 0 spiro atoms. The minimum Gasteiger partial charge on any atom is -0.507 e. The first-order valence-corrected chi connectivity index (χ1v) is 9.55. The largest absolute Gasteiger partial charge is 0.507 e. The maximum atomic E-state index is 9.86. The van der Waals surface area contributed by atoms with Crippen LogP contribution in [0.1, 0.15) is 43.4 Å². The van der Waals surface area contributed by atoms with Crippen molar-refractivity contribution in [1.29, 1.82) is 0 Å². The van der Waals surface area contributed by atoms with Gasteiger partial charge in [-0.15, -0.1) is 24.0 Å². The van der Waals surface area contributed by atoms with Crippen LogP contribution >= 0.6 is 24.0 Å². The Labute approximate surface area is 181 Å². The summed E-state index contributed by atoms with van der Waals surface area (Å²) in [4.78, 5) is 4.60. The highest BCUT2D eigenvalue weighted by atomic mass is 127. The standard InChI is InChI=1S/C20H35N3O3.HI/c1-5-7-9-25-11-12-26-10-8-22-20(21-6-2)23-15-18-13-16(3)19(24)17(4)14-18;/h13-14,24H,5-12,15H2,1-4H3,(H2,21,22,23);1H. The summed E-state index contributed by atoms with van der Waals surface area (Å²) in [6.07, 6.45) is 2.25. The van der Waals surface area contributed by atoms with Crippen LogP contribution in [0.3, 0.4) is 0 Å². The molecule has 0 heterocycles. The Kier molecular flexibility index (Phi) is 15.3. The van der Waals surface area contributed by atoms with Crippen molar-refractivity contribution >= 4 is 29.9 Å². The van der Waals surface area contributed by atoms with E-state index in [1.54, 1.807) is 0 Å². The van der Waals surface area contributed by atoms with Crippen LogP contribution in [-0.4, -0.2) is 50.6 Å². The summed E-state index contributed by atoms with van der Waals surface area (Å²) < 4.78 is 11.0. The average Bonchev–Trinajstić information content (AvgIpc) is 2.62. The van der Waals surface area contributed by atoms with E-state index in [0.29, 0.717) is 38.7 Å². The highest BCUT2D eigenvalue weighted by Crippen LogP contribution is 2.23. The summed E-state index contributed by atoms with van der Waals surface area (Å²) in [5.74, 6) is 1.12. The number of nitrogens with zero attached hydrogens (tertiary/aromatic N) is 1. The molecular formula is C20H36IN3O3. The van der Waals surface area contributed by atoms with Crippen LogP contribution < -0.4 is 10.6 Å². The van der Waals surface area contributed by atoms with E-state index in [1.807, 2.05) is 32.9 Å². The Balaban J connectivity index is 0.00000676. The van der Waals surface area contributed by atoms with Gasteiger partial charge in [-0.25, -0.2) is 4.99 Å². The second kappa shape index (κ2) is 15.9. The van der Waals surface area contributed by atoms with Gasteiger partial charge in [0.2, 0.25) is 0 Å². The van der Waals surface area contributed by atoms with E-state index in [9.17, 15) is 5.11 Å². The lowest BCUT2D eigenvalue weighted by atomic mass is 10.1. The third-order valence-corrected chi connectivity index (χ3v) is 3.87. The molecule has 0 atom stereocenters. The Morgan fingerprint density at radius 1 is 1.00 bits per heavy atom. The molecule has 27 heavy (non-hydrogen) atoms. The molecule has 3 N–H and O–H groups in total. The molecule has 0 saturated carbocycles. The highest BCUT2D eigenvalue weighted by Gasteiger charge is 2.04. The number of ether oxygens (including phenoxy) is 2. The zero-order valence-corrected chi connectivity index (χ0v) is 19.5. The van der Waals surface area contributed by atoms with E-state index < -0.39 is 0 Å². The van der Waals surface area contributed by atoms with Gasteiger partial charge in [0.1, 0.15) is 5.75 Å². The second-order valence-corrected chi connectivity index (χ2v) is 6.28. The molecule has 0 unspecified atom stereocenters. The molecule has 0 amide bonds. The Bertz CT molecular complexity index is 530. The first-order valence-electron chi connectivity index (χ1n) is 9.55. The fourth-order valence-electron chi connectivity index (χ4n) is 2.46. The maximum absolute atomic E-state index is 9.86. The van der Waals surface area contributed by atoms with E-state index in [0.717, 1.165) is 48.6 Å². The van der Waals surface area contributed by atoms with Gasteiger partial charge in [0.15, 0.2) is 5.96 Å². The van der Waals surface area contributed by atoms with Gasteiger partial charge in [-0.05, 0) is 43.9 Å². The van der Waals surface area contributed by atoms with Crippen molar-refractivity contribution in [1.82, 2.24) is 10.6 Å². The summed E-state index contributed by atoms with van der Waals surface area (Å²) in [5, 5.41) is 16.4. The van der Waals surface area contributed by atoms with E-state index in [-0.39, 0.29) is 24.0 Å². The van der Waals surface area contributed by atoms with Gasteiger partial charge in [-0.2, -0.15) is 0 Å². The Morgan fingerprint density at radius 2 is 1.63 bits per heavy atom. The monoisotopic (exact) mass is 493 g/mol. The summed E-state index contributed by atoms with van der Waals surface area (Å²) in [5.41, 5.74) is 2.83. The zero-order valence-electron chi connectivity index (χ0n) is 17.1. The molecule has 6 nitrogen and oxygen atoms in total. The fourth-order valence-corrected chi connectivity index (χ4v) is 2.46. The summed E-state index contributed by atoms with van der Waals surface area (Å²) in [6, 6.07) is 3.94. The number of nitrogens with one attached hydrogen (secondary N) is 2. The number of aryl methyl sites for hydroxylation is 2. The number of benzene rings is 1. The second-order valence-electron chi connectivity index (χ2n) is 6.28. The van der Waals surface area contributed by atoms with Gasteiger partial charge in [0.05, 0.1) is 26.4 Å². The van der Waals surface area contributed by atoms with Crippen molar-refractivity contribution in [2.45, 2.75) is 47.1 Å². The van der Waals surface area contributed by atoms with Crippen LogP contribution in [0.2, 0.25) is 0 Å². The van der Waals surface area contributed by atoms with Gasteiger partial charge in [-0.1, -0.05) is 25.5 Å². The third-order valence-electron chi connectivity index (χ3n) is 3.87. The number of hydrogen-bond donors (Lipinski definition) is 3. The van der Waals surface area contributed by atoms with Crippen molar-refractivity contribution in [3.8, 4) is 5.75 Å². The summed E-state index contributed by atoms with van der Waals surface area (Å²) in [6.45, 7) is 12.7. The maximum Gasteiger partial charge on any atom is 0.191 e. The van der Waals surface area contributed by atoms with Gasteiger partial charge in [-0.3, -0.25) is 0 Å². The van der Waals surface area contributed by atoms with E-state index in [1.165, 1.54) is 0 Å². The van der Waals surface area contributed by atoms with Crippen LogP contribution in [0.4, 0.5) is 0 Å². The number of aliphatic imine (C=N–C) groups is 1. The molecule has 0 aliphatic heterocycles. The van der Waals surface area contributed by atoms with Crippen LogP contribution in [0, 0.1) is 13.8 Å². The molecule has 0 aliphatic rings. The van der Waals surface area contributed by atoms with Gasteiger partial charge >= 0.3 is 0 Å². The molecule has 0 aliphatic carbocycles. The average molecular weight is 493 g/mol. The van der Waals surface area contributed by atoms with Gasteiger partial charge < -0.3 is 25.2 Å². The SMILES string of the molecule is CCCCOCCOCCNC(=NCc1cc(C)c(O)c(C)c1)NCC.I. The minimum atomic E-state index is 0. The number of unbranched alkanes of at least 4 members (excludes halogenated alkanes) is 1. The Morgan fingerprint density at radius 3 is 2.22 bits per heavy atom. The van der Waals surface area contributed by atoms with E-state index in [4.69, 9.17) is 9.47 Å². The molecule has 0 fully saturated rings. The molecular weight excluding hydrogens is 457 g/mol. The molecule has 0 aromatic heterocycles. The van der Waals surface area contributed by atoms with E-state index in [2.05, 4.69) is 22.5 Å². The van der Waals surface area contributed by atoms with Crippen molar-refractivity contribution in [3.05, 3.63) is 28.8 Å². The number of aromatic hydroxyl groups is 1. The molecule has 1 rings (SSSR count). The number of halogens is 1. The van der Waals surface area contributed by atoms with Crippen LogP contribution in [0.25, 0.3) is 0 Å². The normalized spacial score (nSPS) is 11.2. The lowest BCUT2D eigenvalue weighted by Crippen LogP contribution is -2.39. The number of rotatable bonds is 12. The molecule has 156 valence electrons. The number of guanidine groups is 1. The van der Waals surface area contributed by atoms with Crippen LogP contribution in [0.15, 0.2) is 17.1 Å². The molecule has 1 aromatic carbocycles. The number of hydrogen-bond acceptors (Lipinski definition) is 4. The minimum absolute atomic E-state index is 0. The predicted octanol–water partition coefficient (Wildman–Crippen LogP) is 3.52. The topological polar surface area (TPSA) is 75.1 Å². The zero-order chi connectivity index (χ0) is 19.2. The van der Waals surface area contributed by atoms with Gasteiger partial charge in [0, 0.05) is 19.7 Å². The van der Waals surface area contributed by atoms with Gasteiger partial charge in [0.25, 0.3) is 0 Å². The predicted molar refractivity (Wildman–Crippen MR) is 122 cm³/mol. The molecule has 0 saturated heterocycles. The fraction of sp³-hybridized carbons (Fsp3) is 0.650. The first-order chi connectivity index (χ1) is 12.6. The molecule has 0 bridgehead atoms. The third kappa shape index (κ3) is 11.4. The molecule has 1 aromatic rings. The van der Waals surface area contributed by atoms with E-state index >= 15 is 0 Å². The number of phenols is 1. The summed E-state index contributed by atoms with van der Waals surface area (Å²) >= 11 is 0. The van der Waals surface area contributed by atoms with Crippen molar-refractivity contribution < 1.29 is 14.6 Å².